The Hall–Kier alpha value is -1.99. The van der Waals surface area contributed by atoms with Crippen molar-refractivity contribution in [3.05, 3.63) is 63.0 Å². The lowest BCUT2D eigenvalue weighted by molar-refractivity contribution is 0.0995. The Balaban J connectivity index is 1.67. The molecule has 0 atom stereocenters. The second-order valence-corrected chi connectivity index (χ2v) is 6.57. The summed E-state index contributed by atoms with van der Waals surface area (Å²) < 4.78 is 5.70. The molecule has 0 bridgehead atoms. The zero-order valence-corrected chi connectivity index (χ0v) is 14.1. The smallest absolute Gasteiger partial charge is 0.293 e. The summed E-state index contributed by atoms with van der Waals surface area (Å²) in [5.74, 6) is -0.119. The van der Waals surface area contributed by atoms with Gasteiger partial charge in [-0.15, -0.1) is 10.2 Å². The van der Waals surface area contributed by atoms with Crippen molar-refractivity contribution >= 4 is 38.3 Å². The zero-order valence-electron chi connectivity index (χ0n) is 11.7. The average Bonchev–Trinajstić information content (AvgIpc) is 3.08. The Labute approximate surface area is 139 Å². The van der Waals surface area contributed by atoms with Crippen molar-refractivity contribution in [2.75, 3.05) is 5.32 Å². The summed E-state index contributed by atoms with van der Waals surface area (Å²) in [5, 5.41) is 12.1. The molecule has 0 aliphatic heterocycles. The SMILES string of the molecule is Cc1cccc(Cc2nnc(NC(=O)c3ccc(Br)o3)s2)c1. The van der Waals surface area contributed by atoms with Gasteiger partial charge in [0, 0.05) is 6.42 Å². The van der Waals surface area contributed by atoms with E-state index in [9.17, 15) is 4.79 Å². The van der Waals surface area contributed by atoms with Crippen LogP contribution in [0.4, 0.5) is 5.13 Å². The highest BCUT2D eigenvalue weighted by molar-refractivity contribution is 9.10. The third-order valence-electron chi connectivity index (χ3n) is 2.92. The summed E-state index contributed by atoms with van der Waals surface area (Å²) in [5.41, 5.74) is 2.38. The Morgan fingerprint density at radius 2 is 2.18 bits per heavy atom. The molecule has 3 rings (SSSR count). The fourth-order valence-electron chi connectivity index (χ4n) is 1.97. The number of hydrogen-bond donors (Lipinski definition) is 1. The lowest BCUT2D eigenvalue weighted by atomic mass is 10.1. The van der Waals surface area contributed by atoms with Crippen LogP contribution in [0.5, 0.6) is 0 Å². The van der Waals surface area contributed by atoms with E-state index < -0.39 is 0 Å². The van der Waals surface area contributed by atoms with Gasteiger partial charge in [0.1, 0.15) is 5.01 Å². The van der Waals surface area contributed by atoms with Gasteiger partial charge in [-0.05, 0) is 40.5 Å². The van der Waals surface area contributed by atoms with Crippen LogP contribution in [0.2, 0.25) is 0 Å². The van der Waals surface area contributed by atoms with E-state index in [1.54, 1.807) is 12.1 Å². The number of amides is 1. The number of furan rings is 1. The van der Waals surface area contributed by atoms with Crippen LogP contribution in [0.3, 0.4) is 0 Å². The first kappa shape index (κ1) is 14.9. The molecule has 1 amide bonds. The van der Waals surface area contributed by atoms with E-state index in [4.69, 9.17) is 4.42 Å². The van der Waals surface area contributed by atoms with Crippen molar-refractivity contribution in [3.63, 3.8) is 0 Å². The highest BCUT2D eigenvalue weighted by Crippen LogP contribution is 2.21. The molecule has 5 nitrogen and oxygen atoms in total. The van der Waals surface area contributed by atoms with Crippen LogP contribution < -0.4 is 5.32 Å². The van der Waals surface area contributed by atoms with Crippen molar-refractivity contribution in [1.29, 1.82) is 0 Å². The number of halogens is 1. The van der Waals surface area contributed by atoms with E-state index in [0.29, 0.717) is 16.2 Å². The molecule has 2 aromatic heterocycles. The fraction of sp³-hybridized carbons (Fsp3) is 0.133. The van der Waals surface area contributed by atoms with E-state index in [1.165, 1.54) is 22.5 Å². The lowest BCUT2D eigenvalue weighted by Gasteiger charge is -1.98. The molecule has 0 fully saturated rings. The minimum atomic E-state index is -0.344. The van der Waals surface area contributed by atoms with E-state index in [2.05, 4.69) is 50.5 Å². The van der Waals surface area contributed by atoms with Gasteiger partial charge in [-0.3, -0.25) is 10.1 Å². The maximum atomic E-state index is 12.0. The number of anilines is 1. The van der Waals surface area contributed by atoms with Gasteiger partial charge in [-0.1, -0.05) is 41.2 Å². The Bertz CT molecular complexity index is 812. The topological polar surface area (TPSA) is 68.0 Å². The average molecular weight is 378 g/mol. The number of nitrogens with one attached hydrogen (secondary N) is 1. The van der Waals surface area contributed by atoms with Crippen LogP contribution in [-0.4, -0.2) is 16.1 Å². The number of rotatable bonds is 4. The molecular formula is C15H12BrN3O2S. The van der Waals surface area contributed by atoms with Crippen molar-refractivity contribution in [2.24, 2.45) is 0 Å². The van der Waals surface area contributed by atoms with Crippen molar-refractivity contribution in [2.45, 2.75) is 13.3 Å². The lowest BCUT2D eigenvalue weighted by Crippen LogP contribution is -2.10. The van der Waals surface area contributed by atoms with Crippen molar-refractivity contribution < 1.29 is 9.21 Å². The van der Waals surface area contributed by atoms with Gasteiger partial charge in [0.2, 0.25) is 5.13 Å². The monoisotopic (exact) mass is 377 g/mol. The first-order valence-corrected chi connectivity index (χ1v) is 8.16. The summed E-state index contributed by atoms with van der Waals surface area (Å²) in [6, 6.07) is 11.5. The van der Waals surface area contributed by atoms with Crippen LogP contribution in [-0.2, 0) is 6.42 Å². The predicted molar refractivity (Wildman–Crippen MR) is 88.3 cm³/mol. The molecule has 112 valence electrons. The maximum absolute atomic E-state index is 12.0. The Kier molecular flexibility index (Phi) is 4.35. The van der Waals surface area contributed by atoms with E-state index in [1.807, 2.05) is 12.1 Å². The highest BCUT2D eigenvalue weighted by Gasteiger charge is 2.13. The quantitative estimate of drug-likeness (QED) is 0.744. The van der Waals surface area contributed by atoms with Gasteiger partial charge in [0.05, 0.1) is 0 Å². The van der Waals surface area contributed by atoms with Crippen LogP contribution in [0.25, 0.3) is 0 Å². The van der Waals surface area contributed by atoms with Gasteiger partial charge < -0.3 is 4.42 Å². The second kappa shape index (κ2) is 6.41. The zero-order chi connectivity index (χ0) is 15.5. The molecular weight excluding hydrogens is 366 g/mol. The normalized spacial score (nSPS) is 10.6. The summed E-state index contributed by atoms with van der Waals surface area (Å²) in [6.45, 7) is 2.05. The number of nitrogens with zero attached hydrogens (tertiary/aromatic N) is 2. The Morgan fingerprint density at radius 3 is 2.91 bits per heavy atom. The molecule has 0 radical (unpaired) electrons. The molecule has 7 heteroatoms. The minimum absolute atomic E-state index is 0.224. The fourth-order valence-corrected chi connectivity index (χ4v) is 3.04. The molecule has 0 aliphatic rings. The molecule has 3 aromatic rings. The number of hydrogen-bond acceptors (Lipinski definition) is 5. The van der Waals surface area contributed by atoms with Crippen molar-refractivity contribution in [1.82, 2.24) is 10.2 Å². The van der Waals surface area contributed by atoms with Gasteiger partial charge in [-0.2, -0.15) is 0 Å². The van der Waals surface area contributed by atoms with Gasteiger partial charge in [0.25, 0.3) is 5.91 Å². The molecule has 1 aromatic carbocycles. The van der Waals surface area contributed by atoms with Crippen LogP contribution >= 0.6 is 27.3 Å². The number of aryl methyl sites for hydroxylation is 1. The van der Waals surface area contributed by atoms with E-state index >= 15 is 0 Å². The largest absolute Gasteiger partial charge is 0.444 e. The number of carbonyl (C=O) groups excluding carboxylic acids is 1. The third kappa shape index (κ3) is 3.61. The first-order chi connectivity index (χ1) is 10.6. The first-order valence-electron chi connectivity index (χ1n) is 6.55. The molecule has 0 saturated carbocycles. The molecule has 0 unspecified atom stereocenters. The third-order valence-corrected chi connectivity index (χ3v) is 4.19. The van der Waals surface area contributed by atoms with Gasteiger partial charge in [-0.25, -0.2) is 0 Å². The summed E-state index contributed by atoms with van der Waals surface area (Å²) in [4.78, 5) is 12.0. The predicted octanol–water partition coefficient (Wildman–Crippen LogP) is 4.05. The molecule has 22 heavy (non-hydrogen) atoms. The standard InChI is InChI=1S/C15H12BrN3O2S/c1-9-3-2-4-10(7-9)8-13-18-19-15(22-13)17-14(20)11-5-6-12(16)21-11/h2-7H,8H2,1H3,(H,17,19,20). The molecule has 2 heterocycles. The maximum Gasteiger partial charge on any atom is 0.293 e. The van der Waals surface area contributed by atoms with Gasteiger partial charge in [0.15, 0.2) is 10.4 Å². The molecule has 0 aliphatic carbocycles. The summed E-state index contributed by atoms with van der Waals surface area (Å²) >= 11 is 4.52. The highest BCUT2D eigenvalue weighted by atomic mass is 79.9. The van der Waals surface area contributed by atoms with Crippen LogP contribution in [0, 0.1) is 6.92 Å². The van der Waals surface area contributed by atoms with Crippen LogP contribution in [0.1, 0.15) is 26.7 Å². The second-order valence-electron chi connectivity index (χ2n) is 4.72. The van der Waals surface area contributed by atoms with Crippen molar-refractivity contribution in [3.8, 4) is 0 Å². The molecule has 0 spiro atoms. The van der Waals surface area contributed by atoms with Crippen LogP contribution in [0.15, 0.2) is 45.5 Å². The Morgan fingerprint density at radius 1 is 1.32 bits per heavy atom. The minimum Gasteiger partial charge on any atom is -0.444 e. The number of carbonyl (C=O) groups is 1. The molecule has 0 saturated heterocycles. The summed E-state index contributed by atoms with van der Waals surface area (Å²) in [6.07, 6.45) is 0.696. The van der Waals surface area contributed by atoms with E-state index in [0.717, 1.165) is 5.01 Å². The number of benzene rings is 1. The van der Waals surface area contributed by atoms with E-state index in [-0.39, 0.29) is 11.7 Å². The van der Waals surface area contributed by atoms with Gasteiger partial charge >= 0.3 is 0 Å². The molecule has 1 N–H and O–H groups in total. The summed E-state index contributed by atoms with van der Waals surface area (Å²) in [7, 11) is 0. The number of aromatic nitrogens is 2.